The Kier molecular flexibility index (Phi) is 5.81. The van der Waals surface area contributed by atoms with Crippen LogP contribution in [0.25, 0.3) is 0 Å². The molecule has 1 amide bonds. The van der Waals surface area contributed by atoms with Crippen molar-refractivity contribution in [2.45, 2.75) is 32.1 Å². The Bertz CT molecular complexity index is 813. The minimum Gasteiger partial charge on any atom is -0.494 e. The molecular weight excluding hydrogens is 352 g/mol. The van der Waals surface area contributed by atoms with Crippen LogP contribution < -0.4 is 15.0 Å². The highest BCUT2D eigenvalue weighted by Gasteiger charge is 2.27. The van der Waals surface area contributed by atoms with Gasteiger partial charge in [-0.1, -0.05) is 31.5 Å². The standard InChI is InChI=1S/C23H28N2O3/c1-2-3-12-28-19-8-9-20-21(16-23(26)24-22(20)15-19)17-4-6-18(7-5-17)25-10-13-27-14-11-25/h4-9,15,21H,2-3,10-14,16H2,1H3,(H,24,26). The van der Waals surface area contributed by atoms with Gasteiger partial charge >= 0.3 is 0 Å². The average molecular weight is 380 g/mol. The Morgan fingerprint density at radius 3 is 2.68 bits per heavy atom. The summed E-state index contributed by atoms with van der Waals surface area (Å²) >= 11 is 0. The smallest absolute Gasteiger partial charge is 0.225 e. The fraction of sp³-hybridized carbons (Fsp3) is 0.435. The second-order valence-corrected chi connectivity index (χ2v) is 7.45. The van der Waals surface area contributed by atoms with E-state index in [-0.39, 0.29) is 11.8 Å². The third-order valence-corrected chi connectivity index (χ3v) is 5.50. The molecule has 0 aromatic heterocycles. The van der Waals surface area contributed by atoms with Crippen LogP contribution in [0, 0.1) is 0 Å². The Hall–Kier alpha value is -2.53. The zero-order valence-corrected chi connectivity index (χ0v) is 16.4. The van der Waals surface area contributed by atoms with Crippen molar-refractivity contribution in [1.82, 2.24) is 0 Å². The van der Waals surface area contributed by atoms with E-state index in [1.165, 1.54) is 11.3 Å². The molecule has 0 aliphatic carbocycles. The fourth-order valence-electron chi connectivity index (χ4n) is 3.90. The van der Waals surface area contributed by atoms with Crippen molar-refractivity contribution >= 4 is 17.3 Å². The number of ether oxygens (including phenoxy) is 2. The molecule has 5 heteroatoms. The van der Waals surface area contributed by atoms with E-state index in [2.05, 4.69) is 47.5 Å². The highest BCUT2D eigenvalue weighted by molar-refractivity contribution is 5.95. The van der Waals surface area contributed by atoms with Crippen molar-refractivity contribution in [2.24, 2.45) is 0 Å². The minimum absolute atomic E-state index is 0.0560. The lowest BCUT2D eigenvalue weighted by Crippen LogP contribution is -2.36. The van der Waals surface area contributed by atoms with Gasteiger partial charge in [0.2, 0.25) is 5.91 Å². The molecule has 0 spiro atoms. The maximum Gasteiger partial charge on any atom is 0.225 e. The van der Waals surface area contributed by atoms with Crippen LogP contribution in [0.3, 0.4) is 0 Å². The van der Waals surface area contributed by atoms with Gasteiger partial charge in [0.15, 0.2) is 0 Å². The van der Waals surface area contributed by atoms with E-state index in [0.29, 0.717) is 13.0 Å². The van der Waals surface area contributed by atoms with Crippen LogP contribution in [-0.2, 0) is 9.53 Å². The average Bonchev–Trinajstić information content (AvgIpc) is 2.74. The summed E-state index contributed by atoms with van der Waals surface area (Å²) in [6, 6.07) is 14.7. The zero-order chi connectivity index (χ0) is 19.3. The number of amides is 1. The Balaban J connectivity index is 1.54. The van der Waals surface area contributed by atoms with Gasteiger partial charge in [0.1, 0.15) is 5.75 Å². The van der Waals surface area contributed by atoms with Gasteiger partial charge < -0.3 is 19.7 Å². The third kappa shape index (κ3) is 4.14. The molecule has 28 heavy (non-hydrogen) atoms. The van der Waals surface area contributed by atoms with Crippen LogP contribution in [0.5, 0.6) is 5.75 Å². The number of benzene rings is 2. The molecule has 1 unspecified atom stereocenters. The fourth-order valence-corrected chi connectivity index (χ4v) is 3.90. The van der Waals surface area contributed by atoms with Crippen molar-refractivity contribution in [3.63, 3.8) is 0 Å². The van der Waals surface area contributed by atoms with Gasteiger partial charge in [-0.2, -0.15) is 0 Å². The minimum atomic E-state index is 0.0560. The number of hydrogen-bond donors (Lipinski definition) is 1. The van der Waals surface area contributed by atoms with E-state index in [1.807, 2.05) is 12.1 Å². The lowest BCUT2D eigenvalue weighted by Gasteiger charge is -2.30. The number of morpholine rings is 1. The highest BCUT2D eigenvalue weighted by atomic mass is 16.5. The van der Waals surface area contributed by atoms with Gasteiger partial charge in [0.25, 0.3) is 0 Å². The van der Waals surface area contributed by atoms with Gasteiger partial charge in [-0.05, 0) is 35.7 Å². The van der Waals surface area contributed by atoms with Crippen LogP contribution >= 0.6 is 0 Å². The number of anilines is 2. The van der Waals surface area contributed by atoms with Gasteiger partial charge in [0.05, 0.1) is 19.8 Å². The summed E-state index contributed by atoms with van der Waals surface area (Å²) < 4.78 is 11.2. The zero-order valence-electron chi connectivity index (χ0n) is 16.4. The van der Waals surface area contributed by atoms with E-state index in [0.717, 1.165) is 56.1 Å². The molecule has 5 nitrogen and oxygen atoms in total. The number of unbranched alkanes of at least 4 members (excludes halogenated alkanes) is 1. The van der Waals surface area contributed by atoms with Crippen molar-refractivity contribution in [3.8, 4) is 5.75 Å². The molecule has 0 bridgehead atoms. The maximum absolute atomic E-state index is 12.3. The first kappa shape index (κ1) is 18.8. The number of hydrogen-bond acceptors (Lipinski definition) is 4. The Labute approximate surface area is 166 Å². The summed E-state index contributed by atoms with van der Waals surface area (Å²) in [5.41, 5.74) is 4.41. The molecule has 0 radical (unpaired) electrons. The largest absolute Gasteiger partial charge is 0.494 e. The van der Waals surface area contributed by atoms with Crippen LogP contribution in [0.4, 0.5) is 11.4 Å². The molecule has 2 aliphatic heterocycles. The predicted octanol–water partition coefficient (Wildman–Crippen LogP) is 4.18. The first-order valence-corrected chi connectivity index (χ1v) is 10.2. The molecule has 4 rings (SSSR count). The Morgan fingerprint density at radius 1 is 1.14 bits per heavy atom. The number of carbonyl (C=O) groups excluding carboxylic acids is 1. The number of rotatable bonds is 6. The van der Waals surface area contributed by atoms with Crippen molar-refractivity contribution < 1.29 is 14.3 Å². The summed E-state index contributed by atoms with van der Waals surface area (Å²) in [6.45, 7) is 6.26. The summed E-state index contributed by atoms with van der Waals surface area (Å²) in [5.74, 6) is 0.948. The molecular formula is C23H28N2O3. The monoisotopic (exact) mass is 380 g/mol. The summed E-state index contributed by atoms with van der Waals surface area (Å²) in [5, 5.41) is 3.01. The molecule has 0 saturated carbocycles. The predicted molar refractivity (Wildman–Crippen MR) is 111 cm³/mol. The second kappa shape index (κ2) is 8.65. The highest BCUT2D eigenvalue weighted by Crippen LogP contribution is 2.39. The molecule has 1 atom stereocenters. The topological polar surface area (TPSA) is 50.8 Å². The van der Waals surface area contributed by atoms with Gasteiger partial charge in [-0.3, -0.25) is 4.79 Å². The maximum atomic E-state index is 12.3. The van der Waals surface area contributed by atoms with Gasteiger partial charge in [-0.25, -0.2) is 0 Å². The molecule has 1 N–H and O–H groups in total. The summed E-state index contributed by atoms with van der Waals surface area (Å²) in [7, 11) is 0. The van der Waals surface area contributed by atoms with E-state index in [1.54, 1.807) is 0 Å². The van der Waals surface area contributed by atoms with Gasteiger partial charge in [0, 0.05) is 42.9 Å². The number of fused-ring (bicyclic) bond motifs is 1. The molecule has 1 fully saturated rings. The summed E-state index contributed by atoms with van der Waals surface area (Å²) in [6.07, 6.45) is 2.60. The first-order chi connectivity index (χ1) is 13.7. The lowest BCUT2D eigenvalue weighted by molar-refractivity contribution is -0.116. The molecule has 148 valence electrons. The lowest BCUT2D eigenvalue weighted by atomic mass is 9.84. The first-order valence-electron chi connectivity index (χ1n) is 10.2. The normalized spacial score (nSPS) is 19.1. The van der Waals surface area contributed by atoms with Gasteiger partial charge in [-0.15, -0.1) is 0 Å². The van der Waals surface area contributed by atoms with E-state index in [4.69, 9.17) is 9.47 Å². The molecule has 1 saturated heterocycles. The molecule has 2 aliphatic rings. The number of nitrogens with zero attached hydrogens (tertiary/aromatic N) is 1. The molecule has 2 aromatic carbocycles. The number of carbonyl (C=O) groups is 1. The molecule has 2 heterocycles. The van der Waals surface area contributed by atoms with Crippen molar-refractivity contribution in [2.75, 3.05) is 43.1 Å². The number of nitrogens with one attached hydrogen (secondary N) is 1. The Morgan fingerprint density at radius 2 is 1.93 bits per heavy atom. The van der Waals surface area contributed by atoms with Crippen LogP contribution in [0.15, 0.2) is 42.5 Å². The van der Waals surface area contributed by atoms with E-state index < -0.39 is 0 Å². The van der Waals surface area contributed by atoms with Crippen molar-refractivity contribution in [3.05, 3.63) is 53.6 Å². The SMILES string of the molecule is CCCCOc1ccc2c(c1)NC(=O)CC2c1ccc(N2CCOCC2)cc1. The van der Waals surface area contributed by atoms with Crippen LogP contribution in [-0.4, -0.2) is 38.8 Å². The van der Waals surface area contributed by atoms with Crippen LogP contribution in [0.1, 0.15) is 43.2 Å². The van der Waals surface area contributed by atoms with E-state index in [9.17, 15) is 4.79 Å². The third-order valence-electron chi connectivity index (χ3n) is 5.50. The second-order valence-electron chi connectivity index (χ2n) is 7.45. The quantitative estimate of drug-likeness (QED) is 0.764. The molecule has 2 aromatic rings. The van der Waals surface area contributed by atoms with Crippen molar-refractivity contribution in [1.29, 1.82) is 0 Å². The van der Waals surface area contributed by atoms with E-state index >= 15 is 0 Å². The van der Waals surface area contributed by atoms with Crippen LogP contribution in [0.2, 0.25) is 0 Å². The summed E-state index contributed by atoms with van der Waals surface area (Å²) in [4.78, 5) is 14.7.